The Hall–Kier alpha value is 1.83. The van der Waals surface area contributed by atoms with E-state index in [4.69, 9.17) is 15.3 Å². The third-order valence-corrected chi connectivity index (χ3v) is 0. The Balaban J connectivity index is -0.00000000450. The Morgan fingerprint density at radius 2 is 1.11 bits per heavy atom. The van der Waals surface area contributed by atoms with E-state index in [9.17, 15) is 0 Å². The summed E-state index contributed by atoms with van der Waals surface area (Å²) in [5.74, 6) is 0. The third kappa shape index (κ3) is 180. The van der Waals surface area contributed by atoms with Gasteiger partial charge in [0.25, 0.3) is 5.09 Å². The third-order valence-electron chi connectivity index (χ3n) is 0. The summed E-state index contributed by atoms with van der Waals surface area (Å²) in [6.07, 6.45) is 0. The minimum atomic E-state index is -1.50. The Morgan fingerprint density at radius 3 is 1.11 bits per heavy atom. The first kappa shape index (κ1) is 44.8. The van der Waals surface area contributed by atoms with Crippen LogP contribution >= 0.6 is 0 Å². The first-order valence-corrected chi connectivity index (χ1v) is 0.565. The van der Waals surface area contributed by atoms with Crippen molar-refractivity contribution < 1.29 is 110 Å². The minimum Gasteiger partial charge on any atom is -2.00 e. The molecule has 0 aromatic heterocycles. The molecule has 2 radical (unpaired) electrons. The number of hydrogen-bond donors (Lipinski definition) is 1. The van der Waals surface area contributed by atoms with Crippen molar-refractivity contribution in [1.82, 2.24) is 0 Å². The molecule has 9 heteroatoms. The summed E-state index contributed by atoms with van der Waals surface area (Å²) in [7, 11) is 0. The van der Waals surface area contributed by atoms with Crippen molar-refractivity contribution in [1.29, 1.82) is 0 Å². The molecule has 0 unspecified atom stereocenters. The molecule has 0 amide bonds. The fourth-order valence-corrected chi connectivity index (χ4v) is 0. The Morgan fingerprint density at radius 1 is 1.11 bits per heavy atom. The molecule has 0 atom stereocenters. The van der Waals surface area contributed by atoms with Gasteiger partial charge < -0.3 is 21.6 Å². The van der Waals surface area contributed by atoms with Crippen LogP contribution in [-0.2, 0) is 16.4 Å². The molecule has 9 heavy (non-hydrogen) atoms. The molecule has 0 bridgehead atoms. The maximum Gasteiger partial charge on any atom is 3.00 e. The largest absolute Gasteiger partial charge is 3.00 e. The molecule has 0 aliphatic carbocycles. The first-order chi connectivity index (χ1) is 1.73. The maximum absolute atomic E-state index is 8.36. The van der Waals surface area contributed by atoms with Crippen molar-refractivity contribution in [3.63, 3.8) is 0 Å². The second-order valence-corrected chi connectivity index (χ2v) is 0.238. The van der Waals surface area contributed by atoms with E-state index >= 15 is 0 Å². The van der Waals surface area contributed by atoms with Crippen LogP contribution in [0.1, 0.15) is 0 Å². The summed E-state index contributed by atoms with van der Waals surface area (Å²) in [5.41, 5.74) is 0. The number of nitrogens with zero attached hydrogens (tertiary/aromatic N) is 1. The summed E-state index contributed by atoms with van der Waals surface area (Å²) in [4.78, 5) is 8.36. The zero-order chi connectivity index (χ0) is 3.58. The fourth-order valence-electron chi connectivity index (χ4n) is 0. The van der Waals surface area contributed by atoms with Crippen LogP contribution in [0.15, 0.2) is 0 Å². The van der Waals surface area contributed by atoms with Crippen LogP contribution in [0, 0.1) is 93.6 Å². The molecule has 0 aromatic carbocycles. The normalized spacial score (nSPS) is 2.67. The van der Waals surface area contributed by atoms with Crippen LogP contribution in [0.2, 0.25) is 0 Å². The minimum absolute atomic E-state index is 0. The van der Waals surface area contributed by atoms with E-state index in [1.807, 2.05) is 0 Å². The zero-order valence-corrected chi connectivity index (χ0v) is 10.2. The number of rotatable bonds is 0. The van der Waals surface area contributed by atoms with Crippen LogP contribution < -0.4 is 0 Å². The topological polar surface area (TPSA) is 149 Å². The van der Waals surface area contributed by atoms with E-state index in [1.54, 1.807) is 0 Å². The van der Waals surface area contributed by atoms with E-state index in [1.165, 1.54) is 0 Å². The van der Waals surface area contributed by atoms with Gasteiger partial charge in [0.15, 0.2) is 0 Å². The maximum atomic E-state index is 8.36. The van der Waals surface area contributed by atoms with Crippen molar-refractivity contribution in [2.75, 3.05) is 0 Å². The van der Waals surface area contributed by atoms with Crippen molar-refractivity contribution in [3.8, 4) is 0 Å². The van der Waals surface area contributed by atoms with Gasteiger partial charge in [-0.3, -0.25) is 0 Å². The molecular weight excluding hydrogens is 390 g/mol. The monoisotopic (exact) mass is 391 g/mol. The van der Waals surface area contributed by atoms with Crippen LogP contribution in [0.25, 0.3) is 0 Å². The Kier molecular flexibility index (Phi) is 164. The summed E-state index contributed by atoms with van der Waals surface area (Å²) in [5, 5.41) is 13.6. The molecule has 0 saturated carbocycles. The van der Waals surface area contributed by atoms with Gasteiger partial charge in [-0.05, 0) is 0 Å². The smallest absolute Gasteiger partial charge is 2.00 e. The average molecular weight is 391 g/mol. The van der Waals surface area contributed by atoms with E-state index < -0.39 is 5.09 Å². The van der Waals surface area contributed by atoms with Gasteiger partial charge in [0, 0.05) is 0 Å². The van der Waals surface area contributed by atoms with E-state index in [2.05, 4.69) is 0 Å². The van der Waals surface area contributed by atoms with Crippen LogP contribution in [-0.4, -0.2) is 10.3 Å². The molecule has 0 aromatic rings. The first-order valence-electron chi connectivity index (χ1n) is 0.565. The predicted molar refractivity (Wildman–Crippen MR) is 10.8 cm³/mol. The summed E-state index contributed by atoms with van der Waals surface area (Å²) in [6.45, 7) is 0. The summed E-state index contributed by atoms with van der Waals surface area (Å²) < 4.78 is 0. The van der Waals surface area contributed by atoms with Crippen molar-refractivity contribution in [3.05, 3.63) is 10.1 Å². The molecule has 50 valence electrons. The summed E-state index contributed by atoms with van der Waals surface area (Å²) >= 11 is 0. The molecule has 0 aliphatic heterocycles. The molecule has 0 rings (SSSR count). The zero-order valence-electron chi connectivity index (χ0n) is 3.94. The van der Waals surface area contributed by atoms with Gasteiger partial charge in [-0.15, -0.1) is 10.1 Å². The van der Waals surface area contributed by atoms with E-state index in [0.717, 1.165) is 0 Å². The second kappa shape index (κ2) is 32.8. The van der Waals surface area contributed by atoms with Gasteiger partial charge in [-0.1, -0.05) is 0 Å². The van der Waals surface area contributed by atoms with Crippen molar-refractivity contribution in [2.45, 2.75) is 0 Å². The number of hydrogen-bond acceptors (Lipinski definition) is 2. The van der Waals surface area contributed by atoms with Crippen LogP contribution in [0.3, 0.4) is 0 Å². The molecule has 1 N–H and O–H groups in total. The van der Waals surface area contributed by atoms with E-state index in [0.29, 0.717) is 0 Å². The van der Waals surface area contributed by atoms with Gasteiger partial charge in [0.2, 0.25) is 0 Å². The van der Waals surface area contributed by atoms with E-state index in [-0.39, 0.29) is 99.9 Å². The van der Waals surface area contributed by atoms with Crippen molar-refractivity contribution >= 4 is 0 Å². The van der Waals surface area contributed by atoms with Crippen LogP contribution in [0.5, 0.6) is 0 Å². The quantitative estimate of drug-likeness (QED) is 0.430. The van der Waals surface area contributed by atoms with Gasteiger partial charge >= 0.3 is 83.5 Å². The molecule has 0 fully saturated rings. The van der Waals surface area contributed by atoms with Gasteiger partial charge in [0.05, 0.1) is 0 Å². The molecule has 0 saturated heterocycles. The van der Waals surface area contributed by atoms with Crippen molar-refractivity contribution in [2.24, 2.45) is 0 Å². The molecule has 0 aliphatic rings. The Bertz CT molecular complexity index is 34.0. The van der Waals surface area contributed by atoms with Gasteiger partial charge in [0.1, 0.15) is 0 Å². The second-order valence-electron chi connectivity index (χ2n) is 0.238. The van der Waals surface area contributed by atoms with Gasteiger partial charge in [-0.25, -0.2) is 0 Å². The predicted octanol–water partition coefficient (Wildman–Crippen LogP) is -0.704. The molecule has 7 nitrogen and oxygen atoms in total. The van der Waals surface area contributed by atoms with Gasteiger partial charge in [-0.2, -0.15) is 0 Å². The standard InChI is InChI=1S/2Ce.HNO3.3O/c;;2-1(3)4;;;/h;;(H,2,3,4);;;/q2*+3;;3*-2. The van der Waals surface area contributed by atoms with Crippen LogP contribution in [0.4, 0.5) is 0 Å². The summed E-state index contributed by atoms with van der Waals surface area (Å²) in [6, 6.07) is 0. The SMILES string of the molecule is O=[N+]([O-])O.[Ce+3].[Ce+3].[O-2].[O-2].[O-2]. The fraction of sp³-hybridized carbons (Fsp3) is 0. The molecule has 0 heterocycles. The average Bonchev–Trinajstić information content (AvgIpc) is 0.811. The Labute approximate surface area is 118 Å². The molecule has 0 spiro atoms. The molecular formula is HCe2NO6.